The molecule has 1 aliphatic rings. The van der Waals surface area contributed by atoms with Crippen molar-refractivity contribution in [3.05, 3.63) is 106 Å². The Balaban J connectivity index is 1.41. The van der Waals surface area contributed by atoms with Crippen LogP contribution in [-0.2, 0) is 16.1 Å². The summed E-state index contributed by atoms with van der Waals surface area (Å²) in [5, 5.41) is 0.537. The number of aliphatic imine (C=N–C) groups is 1. The number of rotatable bonds is 5. The van der Waals surface area contributed by atoms with Crippen LogP contribution >= 0.6 is 11.6 Å². The number of carbonyl (C=O) groups is 1. The zero-order valence-electron chi connectivity index (χ0n) is 15.1. The smallest absolute Gasteiger partial charge is 0.316 e. The lowest BCUT2D eigenvalue weighted by Gasteiger charge is -2.07. The Morgan fingerprint density at radius 2 is 1.79 bits per heavy atom. The van der Waals surface area contributed by atoms with E-state index in [1.54, 1.807) is 66.7 Å². The molecule has 4 nitrogen and oxygen atoms in total. The maximum absolute atomic E-state index is 12.9. The standard InChI is InChI=1S/C23H15ClFNO3/c24-18-3-1-2-17(13-18)23-26-22(27)21(29-23)12-15-6-10-20(11-7-15)28-14-16-4-8-19(25)9-5-16/h1-13H,14H2. The van der Waals surface area contributed by atoms with Gasteiger partial charge in [-0.25, -0.2) is 4.39 Å². The number of hydrogen-bond acceptors (Lipinski definition) is 3. The van der Waals surface area contributed by atoms with E-state index in [0.717, 1.165) is 11.1 Å². The molecule has 4 rings (SSSR count). The second-order valence-corrected chi connectivity index (χ2v) is 6.76. The third kappa shape index (κ3) is 4.70. The molecule has 0 aliphatic carbocycles. The van der Waals surface area contributed by atoms with E-state index in [-0.39, 0.29) is 17.5 Å². The molecule has 0 saturated heterocycles. The monoisotopic (exact) mass is 407 g/mol. The van der Waals surface area contributed by atoms with Crippen LogP contribution in [-0.4, -0.2) is 11.8 Å². The summed E-state index contributed by atoms with van der Waals surface area (Å²) < 4.78 is 24.2. The van der Waals surface area contributed by atoms with Gasteiger partial charge in [-0.1, -0.05) is 41.9 Å². The van der Waals surface area contributed by atoms with Crippen LogP contribution in [0, 0.1) is 5.82 Å². The van der Waals surface area contributed by atoms with Gasteiger partial charge in [-0.05, 0) is 59.7 Å². The van der Waals surface area contributed by atoms with Crippen molar-refractivity contribution >= 4 is 29.5 Å². The average Bonchev–Trinajstić information content (AvgIpc) is 3.09. The Morgan fingerprint density at radius 3 is 2.52 bits per heavy atom. The van der Waals surface area contributed by atoms with Gasteiger partial charge in [0.25, 0.3) is 0 Å². The predicted molar refractivity (Wildman–Crippen MR) is 109 cm³/mol. The van der Waals surface area contributed by atoms with E-state index >= 15 is 0 Å². The number of ether oxygens (including phenoxy) is 2. The molecule has 0 aromatic heterocycles. The maximum Gasteiger partial charge on any atom is 0.316 e. The van der Waals surface area contributed by atoms with Gasteiger partial charge in [0.1, 0.15) is 18.2 Å². The number of nitrogens with zero attached hydrogens (tertiary/aromatic N) is 1. The van der Waals surface area contributed by atoms with Crippen LogP contribution in [0.4, 0.5) is 4.39 Å². The summed E-state index contributed by atoms with van der Waals surface area (Å²) in [6.07, 6.45) is 1.62. The predicted octanol–water partition coefficient (Wildman–Crippen LogP) is 5.40. The van der Waals surface area contributed by atoms with Crippen LogP contribution in [0.1, 0.15) is 16.7 Å². The van der Waals surface area contributed by atoms with Crippen LogP contribution in [0.15, 0.2) is 83.5 Å². The van der Waals surface area contributed by atoms with Gasteiger partial charge < -0.3 is 9.47 Å². The zero-order valence-corrected chi connectivity index (χ0v) is 15.9. The average molecular weight is 408 g/mol. The number of carbonyl (C=O) groups excluding carboxylic acids is 1. The van der Waals surface area contributed by atoms with Crippen molar-refractivity contribution in [2.75, 3.05) is 0 Å². The summed E-state index contributed by atoms with van der Waals surface area (Å²) in [7, 11) is 0. The quantitative estimate of drug-likeness (QED) is 0.532. The Hall–Kier alpha value is -3.44. The summed E-state index contributed by atoms with van der Waals surface area (Å²) in [5.41, 5.74) is 2.28. The Bertz CT molecular complexity index is 1110. The normalized spacial score (nSPS) is 14.6. The van der Waals surface area contributed by atoms with E-state index in [2.05, 4.69) is 4.99 Å². The van der Waals surface area contributed by atoms with Crippen molar-refractivity contribution in [2.24, 2.45) is 4.99 Å². The summed E-state index contributed by atoms with van der Waals surface area (Å²) >= 11 is 5.97. The fraction of sp³-hybridized carbons (Fsp3) is 0.0435. The minimum Gasteiger partial charge on any atom is -0.489 e. The first kappa shape index (κ1) is 18.9. The number of hydrogen-bond donors (Lipinski definition) is 0. The van der Waals surface area contributed by atoms with Crippen molar-refractivity contribution in [2.45, 2.75) is 6.61 Å². The minimum absolute atomic E-state index is 0.139. The van der Waals surface area contributed by atoms with Crippen LogP contribution in [0.25, 0.3) is 6.08 Å². The maximum atomic E-state index is 12.9. The summed E-state index contributed by atoms with van der Waals surface area (Å²) in [5.74, 6) is 0.294. The summed E-state index contributed by atoms with van der Waals surface area (Å²) in [4.78, 5) is 16.1. The highest BCUT2D eigenvalue weighted by Crippen LogP contribution is 2.22. The van der Waals surface area contributed by atoms with Gasteiger partial charge in [-0.3, -0.25) is 4.79 Å². The molecule has 29 heavy (non-hydrogen) atoms. The van der Waals surface area contributed by atoms with Crippen LogP contribution in [0.2, 0.25) is 5.02 Å². The highest BCUT2D eigenvalue weighted by atomic mass is 35.5. The summed E-state index contributed by atoms with van der Waals surface area (Å²) in [6, 6.07) is 20.3. The fourth-order valence-electron chi connectivity index (χ4n) is 2.71. The lowest BCUT2D eigenvalue weighted by molar-refractivity contribution is -0.115. The molecule has 0 bridgehead atoms. The number of halogens is 2. The van der Waals surface area contributed by atoms with Crippen molar-refractivity contribution < 1.29 is 18.7 Å². The number of benzene rings is 3. The largest absolute Gasteiger partial charge is 0.489 e. The molecule has 144 valence electrons. The molecule has 0 fully saturated rings. The Kier molecular flexibility index (Phi) is 5.40. The molecule has 1 aliphatic heterocycles. The second-order valence-electron chi connectivity index (χ2n) is 6.33. The van der Waals surface area contributed by atoms with Crippen LogP contribution in [0.3, 0.4) is 0 Å². The fourth-order valence-corrected chi connectivity index (χ4v) is 2.90. The molecule has 6 heteroatoms. The van der Waals surface area contributed by atoms with Crippen molar-refractivity contribution in [1.29, 1.82) is 0 Å². The Morgan fingerprint density at radius 1 is 1.03 bits per heavy atom. The lowest BCUT2D eigenvalue weighted by Crippen LogP contribution is -2.00. The van der Waals surface area contributed by atoms with Gasteiger partial charge in [0, 0.05) is 10.6 Å². The van der Waals surface area contributed by atoms with Crippen LogP contribution in [0.5, 0.6) is 5.75 Å². The van der Waals surface area contributed by atoms with Crippen LogP contribution < -0.4 is 4.74 Å². The van der Waals surface area contributed by atoms with Gasteiger partial charge in [0.2, 0.25) is 5.90 Å². The lowest BCUT2D eigenvalue weighted by atomic mass is 10.2. The molecule has 0 spiro atoms. The molecule has 3 aromatic carbocycles. The third-order valence-electron chi connectivity index (χ3n) is 4.19. The highest BCUT2D eigenvalue weighted by molar-refractivity contribution is 6.31. The molecular formula is C23H15ClFNO3. The second kappa shape index (κ2) is 8.29. The van der Waals surface area contributed by atoms with Crippen molar-refractivity contribution in [3.8, 4) is 5.75 Å². The summed E-state index contributed by atoms with van der Waals surface area (Å²) in [6.45, 7) is 0.332. The molecule has 0 saturated carbocycles. The van der Waals surface area contributed by atoms with Gasteiger partial charge >= 0.3 is 5.91 Å². The third-order valence-corrected chi connectivity index (χ3v) is 4.42. The van der Waals surface area contributed by atoms with E-state index in [0.29, 0.717) is 22.9 Å². The first-order chi connectivity index (χ1) is 14.1. The van der Waals surface area contributed by atoms with E-state index in [1.807, 2.05) is 0 Å². The van der Waals surface area contributed by atoms with E-state index in [4.69, 9.17) is 21.1 Å². The highest BCUT2D eigenvalue weighted by Gasteiger charge is 2.24. The van der Waals surface area contributed by atoms with E-state index in [1.165, 1.54) is 12.1 Å². The number of amides is 1. The van der Waals surface area contributed by atoms with Gasteiger partial charge in [-0.15, -0.1) is 0 Å². The molecular weight excluding hydrogens is 393 g/mol. The first-order valence-electron chi connectivity index (χ1n) is 8.83. The molecule has 1 heterocycles. The topological polar surface area (TPSA) is 47.9 Å². The molecule has 0 N–H and O–H groups in total. The molecule has 3 aromatic rings. The first-order valence-corrected chi connectivity index (χ1v) is 9.20. The SMILES string of the molecule is O=C1N=C(c2cccc(Cl)c2)OC1=Cc1ccc(OCc2ccc(F)cc2)cc1. The molecule has 0 radical (unpaired) electrons. The van der Waals surface area contributed by atoms with Crippen molar-refractivity contribution in [1.82, 2.24) is 0 Å². The van der Waals surface area contributed by atoms with Gasteiger partial charge in [-0.2, -0.15) is 4.99 Å². The van der Waals surface area contributed by atoms with E-state index < -0.39 is 5.91 Å². The molecule has 0 unspecified atom stereocenters. The Labute approximate surface area is 171 Å². The van der Waals surface area contributed by atoms with Gasteiger partial charge in [0.15, 0.2) is 5.76 Å². The van der Waals surface area contributed by atoms with Crippen molar-refractivity contribution in [3.63, 3.8) is 0 Å². The molecule has 1 amide bonds. The van der Waals surface area contributed by atoms with Gasteiger partial charge in [0.05, 0.1) is 0 Å². The van der Waals surface area contributed by atoms with E-state index in [9.17, 15) is 9.18 Å². The molecule has 0 atom stereocenters. The zero-order chi connectivity index (χ0) is 20.2. The minimum atomic E-state index is -0.448.